The number of imide groups is 1. The first kappa shape index (κ1) is 15.7. The van der Waals surface area contributed by atoms with Crippen molar-refractivity contribution < 1.29 is 23.5 Å². The molecule has 8 heteroatoms. The van der Waals surface area contributed by atoms with Gasteiger partial charge < -0.3 is 9.64 Å². The fraction of sp³-hybridized carbons (Fsp3) is 0.400. The molecule has 2 saturated heterocycles. The van der Waals surface area contributed by atoms with E-state index in [-0.39, 0.29) is 50.4 Å². The molecule has 0 aliphatic carbocycles. The molecular weight excluding hydrogens is 327 g/mol. The Kier molecular flexibility index (Phi) is 4.21. The summed E-state index contributed by atoms with van der Waals surface area (Å²) in [6, 6.07) is 4.05. The van der Waals surface area contributed by atoms with E-state index in [1.165, 1.54) is 17.0 Å². The van der Waals surface area contributed by atoms with Crippen LogP contribution in [0.5, 0.6) is 0 Å². The van der Waals surface area contributed by atoms with Crippen LogP contribution in [0.25, 0.3) is 0 Å². The molecule has 3 rings (SSSR count). The Bertz CT molecular complexity index is 639. The van der Waals surface area contributed by atoms with Crippen molar-refractivity contribution >= 4 is 29.5 Å². The highest BCUT2D eigenvalue weighted by atomic mass is 35.5. The maximum atomic E-state index is 13.6. The van der Waals surface area contributed by atoms with Crippen LogP contribution in [0.4, 0.5) is 9.18 Å². The molecule has 122 valence electrons. The van der Waals surface area contributed by atoms with Crippen molar-refractivity contribution in [2.24, 2.45) is 0 Å². The molecule has 0 aromatic heterocycles. The first-order chi connectivity index (χ1) is 11.0. The zero-order valence-electron chi connectivity index (χ0n) is 12.1. The average Bonchev–Trinajstić information content (AvgIpc) is 2.77. The van der Waals surface area contributed by atoms with Gasteiger partial charge in [0.15, 0.2) is 6.61 Å². The summed E-state index contributed by atoms with van der Waals surface area (Å²) in [6.45, 7) is 0.324. The van der Waals surface area contributed by atoms with Crippen LogP contribution in [0.1, 0.15) is 12.0 Å². The van der Waals surface area contributed by atoms with E-state index in [1.807, 2.05) is 0 Å². The quantitative estimate of drug-likeness (QED) is 0.835. The van der Waals surface area contributed by atoms with Crippen molar-refractivity contribution in [3.05, 3.63) is 34.6 Å². The lowest BCUT2D eigenvalue weighted by Gasteiger charge is -2.42. The van der Waals surface area contributed by atoms with Gasteiger partial charge in [0.25, 0.3) is 5.91 Å². The van der Waals surface area contributed by atoms with Crippen molar-refractivity contribution in [3.63, 3.8) is 0 Å². The molecule has 0 N–H and O–H groups in total. The maximum absolute atomic E-state index is 13.6. The van der Waals surface area contributed by atoms with Crippen LogP contribution in [-0.2, 0) is 20.7 Å². The number of carbonyl (C=O) groups excluding carboxylic acids is 3. The molecule has 0 unspecified atom stereocenters. The lowest BCUT2D eigenvalue weighted by Crippen LogP contribution is -2.62. The molecule has 2 fully saturated rings. The summed E-state index contributed by atoms with van der Waals surface area (Å²) in [7, 11) is 0. The first-order valence-corrected chi connectivity index (χ1v) is 7.54. The van der Waals surface area contributed by atoms with Gasteiger partial charge in [0.05, 0.1) is 6.04 Å². The average molecular weight is 341 g/mol. The Hall–Kier alpha value is -2.15. The van der Waals surface area contributed by atoms with E-state index in [0.29, 0.717) is 10.6 Å². The summed E-state index contributed by atoms with van der Waals surface area (Å²) in [4.78, 5) is 37.6. The SMILES string of the molecule is O=C(CCc1c(F)cccc1Cl)N1CC(N2C(=O)COC2=O)C1. The van der Waals surface area contributed by atoms with Crippen LogP contribution in [0.15, 0.2) is 18.2 Å². The summed E-state index contributed by atoms with van der Waals surface area (Å²) in [5, 5.41) is 0.296. The van der Waals surface area contributed by atoms with Crippen molar-refractivity contribution in [3.8, 4) is 0 Å². The van der Waals surface area contributed by atoms with E-state index in [2.05, 4.69) is 4.74 Å². The standard InChI is InChI=1S/C15H14ClFN2O4/c16-11-2-1-3-12(17)10(11)4-5-13(20)18-6-9(7-18)19-14(21)8-23-15(19)22/h1-3,9H,4-8H2. The summed E-state index contributed by atoms with van der Waals surface area (Å²) < 4.78 is 18.3. The van der Waals surface area contributed by atoms with Crippen LogP contribution in [0, 0.1) is 5.82 Å². The van der Waals surface area contributed by atoms with Gasteiger partial charge in [0.2, 0.25) is 5.91 Å². The number of likely N-dealkylation sites (tertiary alicyclic amines) is 1. The lowest BCUT2D eigenvalue weighted by molar-refractivity contribution is -0.142. The molecule has 1 aromatic rings. The maximum Gasteiger partial charge on any atom is 0.417 e. The minimum Gasteiger partial charge on any atom is -0.439 e. The third kappa shape index (κ3) is 3.01. The fourth-order valence-electron chi connectivity index (χ4n) is 2.70. The Labute approximate surface area is 136 Å². The topological polar surface area (TPSA) is 66.9 Å². The predicted octanol–water partition coefficient (Wildman–Crippen LogP) is 1.60. The van der Waals surface area contributed by atoms with Gasteiger partial charge in [-0.15, -0.1) is 0 Å². The number of cyclic esters (lactones) is 1. The zero-order chi connectivity index (χ0) is 16.6. The number of benzene rings is 1. The van der Waals surface area contributed by atoms with Crippen LogP contribution in [0.2, 0.25) is 5.02 Å². The number of hydrogen-bond acceptors (Lipinski definition) is 4. The van der Waals surface area contributed by atoms with Crippen LogP contribution in [-0.4, -0.2) is 53.4 Å². The summed E-state index contributed by atoms with van der Waals surface area (Å²) in [6.07, 6.45) is -0.340. The van der Waals surface area contributed by atoms with Crippen molar-refractivity contribution in [2.45, 2.75) is 18.9 Å². The fourth-order valence-corrected chi connectivity index (χ4v) is 2.96. The highest BCUT2D eigenvalue weighted by molar-refractivity contribution is 6.31. The third-order valence-corrected chi connectivity index (χ3v) is 4.37. The Balaban J connectivity index is 1.51. The van der Waals surface area contributed by atoms with E-state index >= 15 is 0 Å². The van der Waals surface area contributed by atoms with Crippen molar-refractivity contribution in [1.29, 1.82) is 0 Å². The van der Waals surface area contributed by atoms with Crippen LogP contribution >= 0.6 is 11.6 Å². The molecule has 3 amide bonds. The Morgan fingerprint density at radius 2 is 2.09 bits per heavy atom. The van der Waals surface area contributed by atoms with E-state index in [4.69, 9.17) is 11.6 Å². The highest BCUT2D eigenvalue weighted by Gasteiger charge is 2.44. The Morgan fingerprint density at radius 1 is 1.35 bits per heavy atom. The number of rotatable bonds is 4. The van der Waals surface area contributed by atoms with Crippen LogP contribution in [0.3, 0.4) is 0 Å². The van der Waals surface area contributed by atoms with Gasteiger partial charge in [-0.25, -0.2) is 14.1 Å². The molecule has 2 aliphatic rings. The number of ether oxygens (including phenoxy) is 1. The van der Waals surface area contributed by atoms with E-state index in [1.54, 1.807) is 6.07 Å². The Morgan fingerprint density at radius 3 is 2.70 bits per heavy atom. The van der Waals surface area contributed by atoms with Gasteiger partial charge in [0, 0.05) is 30.1 Å². The smallest absolute Gasteiger partial charge is 0.417 e. The molecule has 2 heterocycles. The van der Waals surface area contributed by atoms with Crippen molar-refractivity contribution in [2.75, 3.05) is 19.7 Å². The largest absolute Gasteiger partial charge is 0.439 e. The molecule has 0 bridgehead atoms. The molecule has 2 aliphatic heterocycles. The summed E-state index contributed by atoms with van der Waals surface area (Å²) >= 11 is 5.92. The third-order valence-electron chi connectivity index (χ3n) is 4.02. The molecule has 0 saturated carbocycles. The normalized spacial score (nSPS) is 18.2. The second-order valence-electron chi connectivity index (χ2n) is 5.47. The predicted molar refractivity (Wildman–Crippen MR) is 78.3 cm³/mol. The number of carbonyl (C=O) groups is 3. The number of hydrogen-bond donors (Lipinski definition) is 0. The van der Waals surface area contributed by atoms with E-state index in [9.17, 15) is 18.8 Å². The van der Waals surface area contributed by atoms with Gasteiger partial charge in [-0.3, -0.25) is 9.59 Å². The number of nitrogens with zero attached hydrogens (tertiary/aromatic N) is 2. The second-order valence-corrected chi connectivity index (χ2v) is 5.88. The molecule has 1 aromatic carbocycles. The van der Waals surface area contributed by atoms with E-state index < -0.39 is 11.9 Å². The van der Waals surface area contributed by atoms with Gasteiger partial charge in [-0.05, 0) is 18.6 Å². The van der Waals surface area contributed by atoms with E-state index in [0.717, 1.165) is 4.90 Å². The zero-order valence-corrected chi connectivity index (χ0v) is 12.9. The number of halogens is 2. The molecule has 0 radical (unpaired) electrons. The first-order valence-electron chi connectivity index (χ1n) is 7.17. The molecular formula is C15H14ClFN2O4. The number of amides is 3. The molecule has 23 heavy (non-hydrogen) atoms. The monoisotopic (exact) mass is 340 g/mol. The molecule has 0 atom stereocenters. The van der Waals surface area contributed by atoms with Crippen molar-refractivity contribution in [1.82, 2.24) is 9.80 Å². The minimum absolute atomic E-state index is 0.117. The second kappa shape index (κ2) is 6.16. The summed E-state index contributed by atoms with van der Waals surface area (Å²) in [5.41, 5.74) is 0.317. The molecule has 6 nitrogen and oxygen atoms in total. The van der Waals surface area contributed by atoms with Gasteiger partial charge in [-0.1, -0.05) is 17.7 Å². The highest BCUT2D eigenvalue weighted by Crippen LogP contribution is 2.23. The minimum atomic E-state index is -0.662. The van der Waals surface area contributed by atoms with Gasteiger partial charge >= 0.3 is 6.09 Å². The molecule has 0 spiro atoms. The lowest BCUT2D eigenvalue weighted by atomic mass is 10.0. The van der Waals surface area contributed by atoms with Crippen LogP contribution < -0.4 is 0 Å². The van der Waals surface area contributed by atoms with Gasteiger partial charge in [-0.2, -0.15) is 0 Å². The summed E-state index contributed by atoms with van der Waals surface area (Å²) in [5.74, 6) is -0.983. The van der Waals surface area contributed by atoms with Gasteiger partial charge in [0.1, 0.15) is 5.82 Å².